The predicted molar refractivity (Wildman–Crippen MR) is 76.5 cm³/mol. The zero-order valence-electron chi connectivity index (χ0n) is 10.3. The van der Waals surface area contributed by atoms with E-state index in [9.17, 15) is 13.9 Å². The summed E-state index contributed by atoms with van der Waals surface area (Å²) in [6.07, 6.45) is 5.33. The molecule has 1 aromatic carbocycles. The van der Waals surface area contributed by atoms with Gasteiger partial charge in [0.05, 0.1) is 4.47 Å². The molecule has 0 radical (unpaired) electrons. The van der Waals surface area contributed by atoms with Crippen molar-refractivity contribution in [1.82, 2.24) is 0 Å². The van der Waals surface area contributed by atoms with Crippen molar-refractivity contribution >= 4 is 28.3 Å². The molecule has 1 atom stereocenters. The third kappa shape index (κ3) is 3.38. The van der Waals surface area contributed by atoms with E-state index in [-0.39, 0.29) is 28.4 Å². The first kappa shape index (κ1) is 16.7. The lowest BCUT2D eigenvalue weighted by atomic mass is 9.81. The lowest BCUT2D eigenvalue weighted by Gasteiger charge is -2.28. The van der Waals surface area contributed by atoms with E-state index in [1.54, 1.807) is 0 Å². The van der Waals surface area contributed by atoms with Gasteiger partial charge in [0.2, 0.25) is 5.82 Å². The monoisotopic (exact) mass is 355 g/mol. The quantitative estimate of drug-likeness (QED) is 0.770. The van der Waals surface area contributed by atoms with Crippen molar-refractivity contribution < 1.29 is 13.9 Å². The van der Waals surface area contributed by atoms with E-state index in [0.29, 0.717) is 0 Å². The van der Waals surface area contributed by atoms with Crippen LogP contribution in [0.5, 0.6) is 5.75 Å². The van der Waals surface area contributed by atoms with Crippen molar-refractivity contribution in [1.29, 1.82) is 0 Å². The van der Waals surface area contributed by atoms with Gasteiger partial charge >= 0.3 is 0 Å². The fourth-order valence-electron chi connectivity index (χ4n) is 2.61. The van der Waals surface area contributed by atoms with Gasteiger partial charge < -0.3 is 10.8 Å². The molecule has 0 bridgehead atoms. The first-order valence-electron chi connectivity index (χ1n) is 6.14. The van der Waals surface area contributed by atoms with Crippen molar-refractivity contribution in [2.45, 2.75) is 38.1 Å². The number of hydrogen-bond acceptors (Lipinski definition) is 2. The maximum Gasteiger partial charge on any atom is 0.201 e. The van der Waals surface area contributed by atoms with E-state index in [1.807, 2.05) is 0 Å². The number of aromatic hydroxyl groups is 1. The van der Waals surface area contributed by atoms with Crippen LogP contribution in [0, 0.1) is 17.6 Å². The standard InChI is InChI=1S/C13H16BrF2NO.ClH/c14-9-6-8(13(18)11(16)10(9)15)12(17)7-4-2-1-3-5-7;/h6-7,12,18H,1-5,17H2;1H/t12-;/m1./s1. The van der Waals surface area contributed by atoms with Gasteiger partial charge in [-0.25, -0.2) is 4.39 Å². The zero-order chi connectivity index (χ0) is 13.3. The van der Waals surface area contributed by atoms with Crippen LogP contribution >= 0.6 is 28.3 Å². The lowest BCUT2D eigenvalue weighted by molar-refractivity contribution is 0.299. The number of hydrogen-bond donors (Lipinski definition) is 2. The summed E-state index contributed by atoms with van der Waals surface area (Å²) in [7, 11) is 0. The van der Waals surface area contributed by atoms with Crippen LogP contribution in [-0.2, 0) is 0 Å². The van der Waals surface area contributed by atoms with E-state index < -0.39 is 23.4 Å². The molecule has 0 aromatic heterocycles. The largest absolute Gasteiger partial charge is 0.505 e. The van der Waals surface area contributed by atoms with Crippen LogP contribution in [0.15, 0.2) is 10.5 Å². The minimum atomic E-state index is -1.23. The van der Waals surface area contributed by atoms with E-state index in [2.05, 4.69) is 15.9 Å². The molecule has 0 amide bonds. The molecule has 0 aliphatic heterocycles. The normalized spacial score (nSPS) is 17.9. The summed E-state index contributed by atoms with van der Waals surface area (Å²) in [6.45, 7) is 0. The number of phenolic OH excluding ortho intramolecular Hbond substituents is 1. The van der Waals surface area contributed by atoms with E-state index in [4.69, 9.17) is 5.73 Å². The van der Waals surface area contributed by atoms with Crippen LogP contribution in [0.4, 0.5) is 8.78 Å². The molecule has 2 nitrogen and oxygen atoms in total. The number of rotatable bonds is 2. The van der Waals surface area contributed by atoms with Crippen molar-refractivity contribution in [3.63, 3.8) is 0 Å². The molecule has 1 aliphatic carbocycles. The Bertz CT molecular complexity index is 453. The average Bonchev–Trinajstić information content (AvgIpc) is 2.41. The van der Waals surface area contributed by atoms with Gasteiger partial charge in [-0.15, -0.1) is 12.4 Å². The summed E-state index contributed by atoms with van der Waals surface area (Å²) in [5.74, 6) is -2.74. The Morgan fingerprint density at radius 2 is 1.79 bits per heavy atom. The van der Waals surface area contributed by atoms with Crippen LogP contribution in [0.2, 0.25) is 0 Å². The van der Waals surface area contributed by atoms with Crippen LogP contribution in [0.1, 0.15) is 43.7 Å². The van der Waals surface area contributed by atoms with Gasteiger partial charge in [-0.2, -0.15) is 4.39 Å². The van der Waals surface area contributed by atoms with Gasteiger partial charge in [-0.05, 0) is 40.8 Å². The van der Waals surface area contributed by atoms with Gasteiger partial charge in [0.25, 0.3) is 0 Å². The minimum Gasteiger partial charge on any atom is -0.505 e. The first-order chi connectivity index (χ1) is 8.52. The van der Waals surface area contributed by atoms with E-state index >= 15 is 0 Å². The molecule has 0 heterocycles. The molecule has 0 unspecified atom stereocenters. The van der Waals surface area contributed by atoms with Gasteiger partial charge in [0.1, 0.15) is 0 Å². The van der Waals surface area contributed by atoms with Gasteiger partial charge in [-0.1, -0.05) is 19.3 Å². The second kappa shape index (κ2) is 6.86. The Morgan fingerprint density at radius 3 is 2.37 bits per heavy atom. The second-order valence-corrected chi connectivity index (χ2v) is 5.70. The Labute approximate surface area is 125 Å². The highest BCUT2D eigenvalue weighted by molar-refractivity contribution is 9.10. The fourth-order valence-corrected chi connectivity index (χ4v) is 3.03. The van der Waals surface area contributed by atoms with Crippen molar-refractivity contribution in [3.8, 4) is 5.75 Å². The molecule has 108 valence electrons. The zero-order valence-corrected chi connectivity index (χ0v) is 12.7. The van der Waals surface area contributed by atoms with Crippen LogP contribution in [0.3, 0.4) is 0 Å². The molecule has 2 rings (SSSR count). The Hall–Kier alpha value is -0.390. The van der Waals surface area contributed by atoms with Gasteiger partial charge in [-0.3, -0.25) is 0 Å². The molecule has 1 saturated carbocycles. The average molecular weight is 357 g/mol. The third-order valence-corrected chi connectivity index (χ3v) is 4.26. The molecule has 0 spiro atoms. The molecule has 6 heteroatoms. The lowest BCUT2D eigenvalue weighted by Crippen LogP contribution is -2.24. The molecular weight excluding hydrogens is 340 g/mol. The highest BCUT2D eigenvalue weighted by Crippen LogP contribution is 2.39. The molecule has 19 heavy (non-hydrogen) atoms. The Balaban J connectivity index is 0.00000180. The van der Waals surface area contributed by atoms with Crippen LogP contribution < -0.4 is 5.73 Å². The maximum absolute atomic E-state index is 13.5. The highest BCUT2D eigenvalue weighted by Gasteiger charge is 2.27. The van der Waals surface area contributed by atoms with Gasteiger partial charge in [0, 0.05) is 11.6 Å². The number of phenols is 1. The summed E-state index contributed by atoms with van der Waals surface area (Å²) >= 11 is 2.94. The summed E-state index contributed by atoms with van der Waals surface area (Å²) in [5.41, 5.74) is 6.37. The summed E-state index contributed by atoms with van der Waals surface area (Å²) in [4.78, 5) is 0. The van der Waals surface area contributed by atoms with Crippen LogP contribution in [0.25, 0.3) is 0 Å². The molecule has 1 aliphatic rings. The van der Waals surface area contributed by atoms with Crippen molar-refractivity contribution in [3.05, 3.63) is 27.7 Å². The molecule has 3 N–H and O–H groups in total. The Morgan fingerprint density at radius 1 is 1.21 bits per heavy atom. The molecule has 1 fully saturated rings. The SMILES string of the molecule is Cl.N[C@@H](c1cc(Br)c(F)c(F)c1O)C1CCCCC1. The van der Waals surface area contributed by atoms with Crippen molar-refractivity contribution in [2.24, 2.45) is 11.7 Å². The number of nitrogens with two attached hydrogens (primary N) is 1. The molecule has 1 aromatic rings. The van der Waals surface area contributed by atoms with Gasteiger partial charge in [0.15, 0.2) is 11.6 Å². The molecule has 0 saturated heterocycles. The summed E-state index contributed by atoms with van der Waals surface area (Å²) in [6, 6.07) is 0.934. The Kier molecular flexibility index (Phi) is 6.02. The van der Waals surface area contributed by atoms with E-state index in [1.165, 1.54) is 12.5 Å². The number of benzene rings is 1. The fraction of sp³-hybridized carbons (Fsp3) is 0.538. The maximum atomic E-state index is 13.5. The first-order valence-corrected chi connectivity index (χ1v) is 6.93. The molecular formula is C13H17BrClF2NO. The van der Waals surface area contributed by atoms with Crippen molar-refractivity contribution in [2.75, 3.05) is 0 Å². The highest BCUT2D eigenvalue weighted by atomic mass is 79.9. The third-order valence-electron chi connectivity index (χ3n) is 3.68. The summed E-state index contributed by atoms with van der Waals surface area (Å²) in [5, 5.41) is 9.69. The van der Waals surface area contributed by atoms with E-state index in [0.717, 1.165) is 25.7 Å². The number of halogens is 4. The van der Waals surface area contributed by atoms with Crippen LogP contribution in [-0.4, -0.2) is 5.11 Å². The second-order valence-electron chi connectivity index (χ2n) is 4.85. The predicted octanol–water partition coefficient (Wildman–Crippen LogP) is 4.43. The minimum absolute atomic E-state index is 0. The summed E-state index contributed by atoms with van der Waals surface area (Å²) < 4.78 is 26.7. The topological polar surface area (TPSA) is 46.2 Å². The smallest absolute Gasteiger partial charge is 0.201 e.